The summed E-state index contributed by atoms with van der Waals surface area (Å²) in [6.07, 6.45) is 0.0310. The van der Waals surface area contributed by atoms with E-state index in [-0.39, 0.29) is 23.9 Å². The summed E-state index contributed by atoms with van der Waals surface area (Å²) in [5, 5.41) is 0. The Bertz CT molecular complexity index is 858. The predicted molar refractivity (Wildman–Crippen MR) is 101 cm³/mol. The number of rotatable bonds is 9. The maximum Gasteiger partial charge on any atom is 0.309 e. The zero-order chi connectivity index (χ0) is 19.9. The predicted octanol–water partition coefficient (Wildman–Crippen LogP) is 3.27. The Kier molecular flexibility index (Phi) is 7.38. The zero-order valence-electron chi connectivity index (χ0n) is 15.7. The van der Waals surface area contributed by atoms with E-state index in [9.17, 15) is 13.2 Å². The van der Waals surface area contributed by atoms with Gasteiger partial charge in [0.05, 0.1) is 31.1 Å². The Morgan fingerprint density at radius 3 is 2.48 bits per heavy atom. The molecule has 0 saturated heterocycles. The first-order chi connectivity index (χ1) is 12.8. The van der Waals surface area contributed by atoms with E-state index in [1.54, 1.807) is 37.3 Å². The number of hydrogen-bond acceptors (Lipinski definition) is 6. The maximum atomic E-state index is 12.3. The molecule has 0 N–H and O–H groups in total. The molecule has 0 spiro atoms. The van der Waals surface area contributed by atoms with Crippen molar-refractivity contribution >= 4 is 16.1 Å². The molecule has 27 heavy (non-hydrogen) atoms. The van der Waals surface area contributed by atoms with Crippen LogP contribution in [0.1, 0.15) is 24.5 Å². The monoisotopic (exact) mass is 392 g/mol. The maximum absolute atomic E-state index is 12.3. The van der Waals surface area contributed by atoms with Gasteiger partial charge >= 0.3 is 5.97 Å². The van der Waals surface area contributed by atoms with E-state index in [1.165, 1.54) is 19.2 Å². The van der Waals surface area contributed by atoms with Gasteiger partial charge in [-0.05, 0) is 43.7 Å². The zero-order valence-corrected chi connectivity index (χ0v) is 16.5. The molecule has 2 aromatic carbocycles. The van der Waals surface area contributed by atoms with Crippen molar-refractivity contribution in [2.45, 2.75) is 37.7 Å². The molecule has 2 aromatic rings. The van der Waals surface area contributed by atoms with Crippen LogP contribution in [0.3, 0.4) is 0 Å². The molecular weight excluding hydrogens is 368 g/mol. The fourth-order valence-corrected chi connectivity index (χ4v) is 3.46. The molecule has 7 heteroatoms. The van der Waals surface area contributed by atoms with Gasteiger partial charge < -0.3 is 9.47 Å². The second-order valence-electron chi connectivity index (χ2n) is 6.21. The highest BCUT2D eigenvalue weighted by Gasteiger charge is 2.19. The molecule has 0 bridgehead atoms. The average Bonchev–Trinajstić information content (AvgIpc) is 2.62. The topological polar surface area (TPSA) is 78.9 Å². The standard InChI is InChI=1S/C20H24O6S/c1-15-7-9-19(10-8-15)27(22,23)26-16(2)11-12-25-18-6-4-5-17(13-18)14-20(21)24-3/h4-10,13,16H,11-12,14H2,1-3H3/t16-/m0/s1. The molecule has 0 saturated carbocycles. The van der Waals surface area contributed by atoms with Crippen LogP contribution in [-0.4, -0.2) is 34.2 Å². The Balaban J connectivity index is 1.85. The van der Waals surface area contributed by atoms with Crippen LogP contribution in [0, 0.1) is 6.92 Å². The van der Waals surface area contributed by atoms with Crippen molar-refractivity contribution in [1.29, 1.82) is 0 Å². The third kappa shape index (κ3) is 6.69. The highest BCUT2D eigenvalue weighted by molar-refractivity contribution is 7.86. The van der Waals surface area contributed by atoms with Gasteiger partial charge in [0.1, 0.15) is 5.75 Å². The third-order valence-corrected chi connectivity index (χ3v) is 5.30. The summed E-state index contributed by atoms with van der Waals surface area (Å²) in [6, 6.07) is 13.6. The van der Waals surface area contributed by atoms with E-state index < -0.39 is 16.2 Å². The lowest BCUT2D eigenvalue weighted by molar-refractivity contribution is -0.139. The molecule has 0 aliphatic heterocycles. The second-order valence-corrected chi connectivity index (χ2v) is 7.78. The second kappa shape index (κ2) is 9.53. The number of esters is 1. The quantitative estimate of drug-likeness (QED) is 0.481. The SMILES string of the molecule is COC(=O)Cc1cccc(OCC[C@H](C)OS(=O)(=O)c2ccc(C)cc2)c1. The van der Waals surface area contributed by atoms with E-state index in [1.807, 2.05) is 13.0 Å². The summed E-state index contributed by atoms with van der Waals surface area (Å²) in [7, 11) is -2.46. The minimum absolute atomic E-state index is 0.136. The lowest BCUT2D eigenvalue weighted by Gasteiger charge is -2.14. The van der Waals surface area contributed by atoms with Crippen LogP contribution in [0.15, 0.2) is 53.4 Å². The van der Waals surface area contributed by atoms with Crippen molar-refractivity contribution < 1.29 is 26.9 Å². The number of carbonyl (C=O) groups is 1. The molecule has 0 aliphatic rings. The molecule has 146 valence electrons. The van der Waals surface area contributed by atoms with Gasteiger partial charge in [0, 0.05) is 6.42 Å². The molecule has 0 unspecified atom stereocenters. The van der Waals surface area contributed by atoms with Crippen LogP contribution in [-0.2, 0) is 30.3 Å². The molecular formula is C20H24O6S. The molecule has 2 rings (SSSR count). The number of methoxy groups -OCH3 is 1. The normalized spacial score (nSPS) is 12.4. The summed E-state index contributed by atoms with van der Waals surface area (Å²) >= 11 is 0. The third-order valence-electron chi connectivity index (χ3n) is 3.87. The Morgan fingerprint density at radius 1 is 1.11 bits per heavy atom. The first-order valence-corrected chi connectivity index (χ1v) is 9.99. The van der Waals surface area contributed by atoms with Crippen molar-refractivity contribution in [3.8, 4) is 5.75 Å². The van der Waals surface area contributed by atoms with Gasteiger partial charge in [-0.1, -0.05) is 29.8 Å². The van der Waals surface area contributed by atoms with Gasteiger partial charge in [-0.2, -0.15) is 8.42 Å². The van der Waals surface area contributed by atoms with Crippen LogP contribution in [0.2, 0.25) is 0 Å². The number of carbonyl (C=O) groups excluding carboxylic acids is 1. The van der Waals surface area contributed by atoms with Gasteiger partial charge in [0.25, 0.3) is 10.1 Å². The fourth-order valence-electron chi connectivity index (χ4n) is 2.35. The Labute approximate surface area is 160 Å². The lowest BCUT2D eigenvalue weighted by Crippen LogP contribution is -2.18. The first kappa shape index (κ1) is 20.9. The van der Waals surface area contributed by atoms with E-state index >= 15 is 0 Å². The van der Waals surface area contributed by atoms with Gasteiger partial charge in [0.15, 0.2) is 0 Å². The Morgan fingerprint density at radius 2 is 1.81 bits per heavy atom. The van der Waals surface area contributed by atoms with Crippen molar-refractivity contribution in [3.63, 3.8) is 0 Å². The van der Waals surface area contributed by atoms with Gasteiger partial charge in [-0.25, -0.2) is 0 Å². The number of hydrogen-bond donors (Lipinski definition) is 0. The minimum atomic E-state index is -3.80. The number of benzene rings is 2. The lowest BCUT2D eigenvalue weighted by atomic mass is 10.1. The summed E-state index contributed by atoms with van der Waals surface area (Å²) in [5.41, 5.74) is 1.76. The van der Waals surface area contributed by atoms with Gasteiger partial charge in [-0.3, -0.25) is 8.98 Å². The van der Waals surface area contributed by atoms with Gasteiger partial charge in [-0.15, -0.1) is 0 Å². The van der Waals surface area contributed by atoms with Gasteiger partial charge in [0.2, 0.25) is 0 Å². The van der Waals surface area contributed by atoms with Crippen molar-refractivity contribution in [1.82, 2.24) is 0 Å². The van der Waals surface area contributed by atoms with Crippen molar-refractivity contribution in [2.24, 2.45) is 0 Å². The van der Waals surface area contributed by atoms with Crippen LogP contribution in [0.25, 0.3) is 0 Å². The van der Waals surface area contributed by atoms with Crippen molar-refractivity contribution in [3.05, 3.63) is 59.7 Å². The molecule has 6 nitrogen and oxygen atoms in total. The largest absolute Gasteiger partial charge is 0.493 e. The van der Waals surface area contributed by atoms with Crippen LogP contribution < -0.4 is 4.74 Å². The Hall–Kier alpha value is -2.38. The molecule has 1 atom stereocenters. The average molecular weight is 392 g/mol. The molecule has 0 radical (unpaired) electrons. The summed E-state index contributed by atoms with van der Waals surface area (Å²) < 4.78 is 40.0. The summed E-state index contributed by atoms with van der Waals surface area (Å²) in [6.45, 7) is 3.85. The highest BCUT2D eigenvalue weighted by atomic mass is 32.2. The van der Waals surface area contributed by atoms with Crippen LogP contribution in [0.4, 0.5) is 0 Å². The molecule has 0 amide bonds. The highest BCUT2D eigenvalue weighted by Crippen LogP contribution is 2.18. The molecule has 0 fully saturated rings. The fraction of sp³-hybridized carbons (Fsp3) is 0.350. The first-order valence-electron chi connectivity index (χ1n) is 8.58. The van der Waals surface area contributed by atoms with E-state index in [4.69, 9.17) is 8.92 Å². The van der Waals surface area contributed by atoms with E-state index in [0.29, 0.717) is 12.2 Å². The number of ether oxygens (including phenoxy) is 2. The summed E-state index contributed by atoms with van der Waals surface area (Å²) in [4.78, 5) is 11.5. The summed E-state index contributed by atoms with van der Waals surface area (Å²) in [5.74, 6) is 0.278. The molecule has 0 aliphatic carbocycles. The van der Waals surface area contributed by atoms with E-state index in [2.05, 4.69) is 4.74 Å². The molecule has 0 heterocycles. The smallest absolute Gasteiger partial charge is 0.309 e. The number of aryl methyl sites for hydroxylation is 1. The van der Waals surface area contributed by atoms with E-state index in [0.717, 1.165) is 11.1 Å². The van der Waals surface area contributed by atoms with Crippen LogP contribution >= 0.6 is 0 Å². The minimum Gasteiger partial charge on any atom is -0.493 e. The van der Waals surface area contributed by atoms with Crippen molar-refractivity contribution in [2.75, 3.05) is 13.7 Å². The molecule has 0 aromatic heterocycles. The van der Waals surface area contributed by atoms with Crippen LogP contribution in [0.5, 0.6) is 5.75 Å².